The Labute approximate surface area is 119 Å². The zero-order valence-corrected chi connectivity index (χ0v) is 12.3. The Morgan fingerprint density at radius 1 is 1.40 bits per heavy atom. The van der Waals surface area contributed by atoms with Crippen molar-refractivity contribution in [2.45, 2.75) is 32.2 Å². The number of aromatic nitrogens is 2. The molecule has 2 heterocycles. The molecule has 0 aliphatic heterocycles. The SMILES string of the molecule is COc1cc(NC(C)(C)CCCN)c2ncccc2n1. The summed E-state index contributed by atoms with van der Waals surface area (Å²) in [5.41, 5.74) is 8.15. The van der Waals surface area contributed by atoms with Crippen LogP contribution in [0.5, 0.6) is 5.88 Å². The monoisotopic (exact) mass is 274 g/mol. The number of nitrogens with two attached hydrogens (primary N) is 1. The van der Waals surface area contributed by atoms with Gasteiger partial charge in [-0.15, -0.1) is 0 Å². The van der Waals surface area contributed by atoms with E-state index in [0.29, 0.717) is 12.4 Å². The van der Waals surface area contributed by atoms with Gasteiger partial charge in [0, 0.05) is 17.8 Å². The summed E-state index contributed by atoms with van der Waals surface area (Å²) in [5, 5.41) is 3.53. The van der Waals surface area contributed by atoms with Crippen molar-refractivity contribution in [1.82, 2.24) is 9.97 Å². The number of rotatable bonds is 6. The fourth-order valence-electron chi connectivity index (χ4n) is 2.21. The van der Waals surface area contributed by atoms with E-state index in [2.05, 4.69) is 29.1 Å². The van der Waals surface area contributed by atoms with E-state index in [-0.39, 0.29) is 5.54 Å². The van der Waals surface area contributed by atoms with Crippen molar-refractivity contribution < 1.29 is 4.74 Å². The third-order valence-electron chi connectivity index (χ3n) is 3.23. The average molecular weight is 274 g/mol. The van der Waals surface area contributed by atoms with Crippen molar-refractivity contribution in [2.24, 2.45) is 5.73 Å². The van der Waals surface area contributed by atoms with Crippen molar-refractivity contribution >= 4 is 16.7 Å². The standard InChI is InChI=1S/C15H22N4O/c1-15(2,7-5-8-16)19-12-10-13(20-3)18-11-6-4-9-17-14(11)12/h4,6,9-10H,5,7-8,16H2,1-3H3,(H,18,19). The van der Waals surface area contributed by atoms with E-state index in [1.807, 2.05) is 18.2 Å². The molecule has 2 aromatic rings. The Morgan fingerprint density at radius 2 is 2.20 bits per heavy atom. The molecule has 0 aliphatic rings. The molecule has 0 aromatic carbocycles. The van der Waals surface area contributed by atoms with Gasteiger partial charge in [0.1, 0.15) is 5.52 Å². The fraction of sp³-hybridized carbons (Fsp3) is 0.467. The second kappa shape index (κ2) is 6.05. The smallest absolute Gasteiger partial charge is 0.215 e. The van der Waals surface area contributed by atoms with Crippen molar-refractivity contribution in [1.29, 1.82) is 0 Å². The topological polar surface area (TPSA) is 73.1 Å². The molecule has 3 N–H and O–H groups in total. The van der Waals surface area contributed by atoms with Crippen LogP contribution in [-0.2, 0) is 0 Å². The predicted octanol–water partition coefficient (Wildman–Crippen LogP) is 2.57. The van der Waals surface area contributed by atoms with Gasteiger partial charge in [-0.25, -0.2) is 4.98 Å². The van der Waals surface area contributed by atoms with Crippen LogP contribution in [0, 0.1) is 0 Å². The lowest BCUT2D eigenvalue weighted by Crippen LogP contribution is -2.31. The normalized spacial score (nSPS) is 11.6. The molecule has 2 rings (SSSR count). The molecule has 108 valence electrons. The summed E-state index contributed by atoms with van der Waals surface area (Å²) >= 11 is 0. The van der Waals surface area contributed by atoms with E-state index in [0.717, 1.165) is 29.6 Å². The predicted molar refractivity (Wildman–Crippen MR) is 82.1 cm³/mol. The van der Waals surface area contributed by atoms with Crippen molar-refractivity contribution in [2.75, 3.05) is 19.0 Å². The van der Waals surface area contributed by atoms with Crippen LogP contribution in [0.4, 0.5) is 5.69 Å². The summed E-state index contributed by atoms with van der Waals surface area (Å²) in [7, 11) is 1.62. The number of hydrogen-bond donors (Lipinski definition) is 2. The first-order valence-electron chi connectivity index (χ1n) is 6.84. The second-order valence-corrected chi connectivity index (χ2v) is 5.48. The first kappa shape index (κ1) is 14.5. The lowest BCUT2D eigenvalue weighted by atomic mass is 9.98. The highest BCUT2D eigenvalue weighted by Crippen LogP contribution is 2.28. The first-order chi connectivity index (χ1) is 9.55. The summed E-state index contributed by atoms with van der Waals surface area (Å²) in [6, 6.07) is 5.70. The van der Waals surface area contributed by atoms with Gasteiger partial charge in [-0.2, -0.15) is 0 Å². The molecule has 0 unspecified atom stereocenters. The number of anilines is 1. The summed E-state index contributed by atoms with van der Waals surface area (Å²) in [4.78, 5) is 8.82. The van der Waals surface area contributed by atoms with Crippen LogP contribution in [0.2, 0.25) is 0 Å². The van der Waals surface area contributed by atoms with E-state index in [1.165, 1.54) is 0 Å². The summed E-state index contributed by atoms with van der Waals surface area (Å²) < 4.78 is 5.26. The fourth-order valence-corrected chi connectivity index (χ4v) is 2.21. The molecule has 0 atom stereocenters. The molecule has 20 heavy (non-hydrogen) atoms. The van der Waals surface area contributed by atoms with Crippen LogP contribution < -0.4 is 15.8 Å². The highest BCUT2D eigenvalue weighted by Gasteiger charge is 2.19. The zero-order valence-electron chi connectivity index (χ0n) is 12.3. The molecular weight excluding hydrogens is 252 g/mol. The largest absolute Gasteiger partial charge is 0.481 e. The van der Waals surface area contributed by atoms with Crippen molar-refractivity contribution in [3.8, 4) is 5.88 Å². The maximum Gasteiger partial charge on any atom is 0.215 e. The number of ether oxygens (including phenoxy) is 1. The minimum atomic E-state index is -0.0593. The minimum absolute atomic E-state index is 0.0593. The Bertz CT molecular complexity index is 583. The van der Waals surface area contributed by atoms with Crippen LogP contribution in [-0.4, -0.2) is 29.2 Å². The zero-order chi connectivity index (χ0) is 14.6. The van der Waals surface area contributed by atoms with Crippen LogP contribution in [0.25, 0.3) is 11.0 Å². The Balaban J connectivity index is 2.37. The van der Waals surface area contributed by atoms with E-state index in [9.17, 15) is 0 Å². The summed E-state index contributed by atoms with van der Waals surface area (Å²) in [6.07, 6.45) is 3.74. The molecule has 0 spiro atoms. The van der Waals surface area contributed by atoms with Crippen molar-refractivity contribution in [3.63, 3.8) is 0 Å². The number of fused-ring (bicyclic) bond motifs is 1. The van der Waals surface area contributed by atoms with Gasteiger partial charge in [-0.3, -0.25) is 4.98 Å². The van der Waals surface area contributed by atoms with Crippen LogP contribution >= 0.6 is 0 Å². The van der Waals surface area contributed by atoms with Crippen LogP contribution in [0.15, 0.2) is 24.4 Å². The molecule has 0 amide bonds. The van der Waals surface area contributed by atoms with Crippen molar-refractivity contribution in [3.05, 3.63) is 24.4 Å². The van der Waals surface area contributed by atoms with Gasteiger partial charge in [0.25, 0.3) is 0 Å². The van der Waals surface area contributed by atoms with Gasteiger partial charge in [0.15, 0.2) is 0 Å². The highest BCUT2D eigenvalue weighted by molar-refractivity contribution is 5.88. The van der Waals surface area contributed by atoms with Crippen LogP contribution in [0.3, 0.4) is 0 Å². The van der Waals surface area contributed by atoms with Gasteiger partial charge in [0.05, 0.1) is 18.3 Å². The van der Waals surface area contributed by atoms with Gasteiger partial charge in [0.2, 0.25) is 5.88 Å². The van der Waals surface area contributed by atoms with E-state index in [1.54, 1.807) is 13.3 Å². The van der Waals surface area contributed by atoms with Gasteiger partial charge in [-0.05, 0) is 45.4 Å². The van der Waals surface area contributed by atoms with E-state index < -0.39 is 0 Å². The molecule has 0 aliphatic carbocycles. The number of nitrogens with zero attached hydrogens (tertiary/aromatic N) is 2. The number of pyridine rings is 2. The maximum atomic E-state index is 5.60. The van der Waals surface area contributed by atoms with E-state index in [4.69, 9.17) is 10.5 Å². The lowest BCUT2D eigenvalue weighted by molar-refractivity contribution is 0.399. The maximum absolute atomic E-state index is 5.60. The Morgan fingerprint density at radius 3 is 2.90 bits per heavy atom. The van der Waals surface area contributed by atoms with Gasteiger partial charge < -0.3 is 15.8 Å². The molecule has 2 aromatic heterocycles. The third-order valence-corrected chi connectivity index (χ3v) is 3.23. The van der Waals surface area contributed by atoms with Gasteiger partial charge >= 0.3 is 0 Å². The second-order valence-electron chi connectivity index (χ2n) is 5.48. The van der Waals surface area contributed by atoms with E-state index >= 15 is 0 Å². The average Bonchev–Trinajstić information content (AvgIpc) is 2.44. The van der Waals surface area contributed by atoms with Gasteiger partial charge in [-0.1, -0.05) is 0 Å². The third kappa shape index (κ3) is 3.36. The summed E-state index contributed by atoms with van der Waals surface area (Å²) in [6.45, 7) is 5.01. The molecule has 0 fully saturated rings. The number of nitrogens with one attached hydrogen (secondary N) is 1. The first-order valence-corrected chi connectivity index (χ1v) is 6.84. The molecule has 5 nitrogen and oxygen atoms in total. The molecule has 0 saturated heterocycles. The Hall–Kier alpha value is -1.88. The minimum Gasteiger partial charge on any atom is -0.481 e. The highest BCUT2D eigenvalue weighted by atomic mass is 16.5. The number of hydrogen-bond acceptors (Lipinski definition) is 5. The van der Waals surface area contributed by atoms with Crippen LogP contribution in [0.1, 0.15) is 26.7 Å². The summed E-state index contributed by atoms with van der Waals surface area (Å²) in [5.74, 6) is 0.586. The molecule has 5 heteroatoms. The molecule has 0 bridgehead atoms. The number of methoxy groups -OCH3 is 1. The molecule has 0 radical (unpaired) electrons. The Kier molecular flexibility index (Phi) is 4.39. The lowest BCUT2D eigenvalue weighted by Gasteiger charge is -2.28. The quantitative estimate of drug-likeness (QED) is 0.847. The molecular formula is C15H22N4O. The molecule has 0 saturated carbocycles.